The van der Waals surface area contributed by atoms with E-state index in [1.165, 1.54) is 13.4 Å². The molecular formula is C7H7ClN2O3S. The molecule has 1 aromatic rings. The minimum Gasteiger partial charge on any atom is -0.468 e. The summed E-state index contributed by atoms with van der Waals surface area (Å²) in [4.78, 5) is 27.9. The van der Waals surface area contributed by atoms with E-state index in [0.717, 1.165) is 11.8 Å². The number of hydrogen-bond acceptors (Lipinski definition) is 5. The van der Waals surface area contributed by atoms with Crippen LogP contribution >= 0.6 is 23.4 Å². The third-order valence-electron chi connectivity index (χ3n) is 1.32. The molecule has 0 fully saturated rings. The van der Waals surface area contributed by atoms with Gasteiger partial charge in [-0.1, -0.05) is 23.4 Å². The molecule has 0 saturated heterocycles. The zero-order chi connectivity index (χ0) is 10.6. The van der Waals surface area contributed by atoms with E-state index in [2.05, 4.69) is 14.7 Å². The van der Waals surface area contributed by atoms with Crippen molar-refractivity contribution >= 4 is 29.3 Å². The Balaban J connectivity index is 2.73. The maximum absolute atomic E-state index is 11.0. The van der Waals surface area contributed by atoms with Crippen LogP contribution in [0.1, 0.15) is 0 Å². The molecule has 0 aliphatic carbocycles. The van der Waals surface area contributed by atoms with Crippen molar-refractivity contribution < 1.29 is 9.53 Å². The fourth-order valence-corrected chi connectivity index (χ4v) is 1.64. The van der Waals surface area contributed by atoms with Crippen LogP contribution < -0.4 is 5.56 Å². The smallest absolute Gasteiger partial charge is 0.316 e. The van der Waals surface area contributed by atoms with Crippen LogP contribution in [0.25, 0.3) is 0 Å². The molecule has 0 spiro atoms. The fourth-order valence-electron chi connectivity index (χ4n) is 0.654. The van der Waals surface area contributed by atoms with E-state index >= 15 is 0 Å². The maximum atomic E-state index is 11.0. The molecule has 0 unspecified atom stereocenters. The zero-order valence-corrected chi connectivity index (χ0v) is 8.82. The maximum Gasteiger partial charge on any atom is 0.316 e. The lowest BCUT2D eigenvalue weighted by molar-refractivity contribution is -0.137. The summed E-state index contributed by atoms with van der Waals surface area (Å²) >= 11 is 6.70. The summed E-state index contributed by atoms with van der Waals surface area (Å²) < 4.78 is 4.43. The van der Waals surface area contributed by atoms with E-state index in [4.69, 9.17) is 11.6 Å². The van der Waals surface area contributed by atoms with E-state index in [1.54, 1.807) is 0 Å². The van der Waals surface area contributed by atoms with E-state index < -0.39 is 11.5 Å². The summed E-state index contributed by atoms with van der Waals surface area (Å²) in [5.74, 6) is -0.319. The van der Waals surface area contributed by atoms with Gasteiger partial charge in [0, 0.05) is 0 Å². The highest BCUT2D eigenvalue weighted by Crippen LogP contribution is 2.20. The van der Waals surface area contributed by atoms with Crippen LogP contribution in [-0.4, -0.2) is 28.8 Å². The van der Waals surface area contributed by atoms with Gasteiger partial charge in [0.2, 0.25) is 0 Å². The predicted molar refractivity (Wildman–Crippen MR) is 52.6 cm³/mol. The van der Waals surface area contributed by atoms with E-state index in [0.29, 0.717) is 5.03 Å². The van der Waals surface area contributed by atoms with Crippen molar-refractivity contribution in [2.45, 2.75) is 5.03 Å². The van der Waals surface area contributed by atoms with Gasteiger partial charge in [-0.3, -0.25) is 9.59 Å². The van der Waals surface area contributed by atoms with Gasteiger partial charge in [-0.2, -0.15) is 0 Å². The van der Waals surface area contributed by atoms with Crippen LogP contribution in [0, 0.1) is 0 Å². The number of carbonyl (C=O) groups excluding carboxylic acids is 1. The number of hydrogen-bond donors (Lipinski definition) is 1. The summed E-state index contributed by atoms with van der Waals surface area (Å²) in [7, 11) is 1.29. The number of aromatic amines is 1. The van der Waals surface area contributed by atoms with Gasteiger partial charge in [-0.15, -0.1) is 0 Å². The molecule has 1 N–H and O–H groups in total. The number of ether oxygens (including phenoxy) is 1. The molecule has 0 radical (unpaired) electrons. The molecule has 1 rings (SSSR count). The van der Waals surface area contributed by atoms with Crippen molar-refractivity contribution in [2.75, 3.05) is 12.9 Å². The van der Waals surface area contributed by atoms with Crippen molar-refractivity contribution in [3.63, 3.8) is 0 Å². The molecule has 0 amide bonds. The molecule has 0 atom stereocenters. The summed E-state index contributed by atoms with van der Waals surface area (Å²) in [5.41, 5.74) is -0.422. The SMILES string of the molecule is COC(=O)CSc1nc[nH]c(=O)c1Cl. The lowest BCUT2D eigenvalue weighted by atomic mass is 10.6. The number of nitrogens with one attached hydrogen (secondary N) is 1. The summed E-state index contributed by atoms with van der Waals surface area (Å²) in [6, 6.07) is 0. The summed E-state index contributed by atoms with van der Waals surface area (Å²) in [6.45, 7) is 0. The van der Waals surface area contributed by atoms with E-state index in [9.17, 15) is 9.59 Å². The van der Waals surface area contributed by atoms with Gasteiger partial charge in [0.1, 0.15) is 10.0 Å². The predicted octanol–water partition coefficient (Wildman–Crippen LogP) is 0.688. The number of halogens is 1. The summed E-state index contributed by atoms with van der Waals surface area (Å²) in [5, 5.41) is 0.308. The number of aromatic nitrogens is 2. The third-order valence-corrected chi connectivity index (χ3v) is 2.74. The highest BCUT2D eigenvalue weighted by molar-refractivity contribution is 8.00. The molecule has 0 aliphatic rings. The van der Waals surface area contributed by atoms with Crippen molar-refractivity contribution in [1.82, 2.24) is 9.97 Å². The second-order valence-corrected chi connectivity index (χ2v) is 3.56. The van der Waals surface area contributed by atoms with Crippen LogP contribution in [-0.2, 0) is 9.53 Å². The average Bonchev–Trinajstić information content (AvgIpc) is 2.20. The van der Waals surface area contributed by atoms with Crippen LogP contribution in [0.4, 0.5) is 0 Å². The quantitative estimate of drug-likeness (QED) is 0.473. The average molecular weight is 235 g/mol. The van der Waals surface area contributed by atoms with Crippen LogP contribution in [0.15, 0.2) is 16.1 Å². The third kappa shape index (κ3) is 2.74. The largest absolute Gasteiger partial charge is 0.468 e. The normalized spacial score (nSPS) is 9.86. The van der Waals surface area contributed by atoms with Crippen molar-refractivity contribution in [3.05, 3.63) is 21.7 Å². The number of nitrogens with zero attached hydrogens (tertiary/aromatic N) is 1. The first kappa shape index (κ1) is 11.1. The molecule has 0 aromatic carbocycles. The lowest BCUT2D eigenvalue weighted by Gasteiger charge is -2.00. The molecule has 7 heteroatoms. The first-order valence-corrected chi connectivity index (χ1v) is 4.94. The molecule has 0 bridgehead atoms. The Hall–Kier alpha value is -1.01. The number of methoxy groups -OCH3 is 1. The van der Waals surface area contributed by atoms with Gasteiger partial charge in [0.05, 0.1) is 19.2 Å². The first-order valence-electron chi connectivity index (χ1n) is 3.58. The molecule has 0 aliphatic heterocycles. The highest BCUT2D eigenvalue weighted by Gasteiger charge is 2.08. The van der Waals surface area contributed by atoms with E-state index in [1.807, 2.05) is 0 Å². The number of esters is 1. The first-order chi connectivity index (χ1) is 6.65. The van der Waals surface area contributed by atoms with Crippen molar-refractivity contribution in [2.24, 2.45) is 0 Å². The number of rotatable bonds is 3. The molecule has 0 saturated carbocycles. The highest BCUT2D eigenvalue weighted by atomic mass is 35.5. The van der Waals surface area contributed by atoms with Gasteiger partial charge < -0.3 is 9.72 Å². The standard InChI is InChI=1S/C7H7ClN2O3S/c1-13-4(11)2-14-7-5(8)6(12)9-3-10-7/h3H,2H2,1H3,(H,9,10,12). The Morgan fingerprint density at radius 2 is 2.50 bits per heavy atom. The fraction of sp³-hybridized carbons (Fsp3) is 0.286. The zero-order valence-electron chi connectivity index (χ0n) is 7.24. The van der Waals surface area contributed by atoms with E-state index in [-0.39, 0.29) is 10.8 Å². The Kier molecular flexibility index (Phi) is 3.97. The van der Waals surface area contributed by atoms with Gasteiger partial charge in [-0.05, 0) is 0 Å². The Morgan fingerprint density at radius 1 is 1.79 bits per heavy atom. The van der Waals surface area contributed by atoms with Crippen molar-refractivity contribution in [3.8, 4) is 0 Å². The van der Waals surface area contributed by atoms with Crippen LogP contribution in [0.3, 0.4) is 0 Å². The van der Waals surface area contributed by atoms with Gasteiger partial charge >= 0.3 is 5.97 Å². The van der Waals surface area contributed by atoms with Crippen molar-refractivity contribution in [1.29, 1.82) is 0 Å². The summed E-state index contributed by atoms with van der Waals surface area (Å²) in [6.07, 6.45) is 1.23. The minimum atomic E-state index is -0.422. The molecule has 5 nitrogen and oxygen atoms in total. The topological polar surface area (TPSA) is 72.0 Å². The van der Waals surface area contributed by atoms with Gasteiger partial charge in [0.25, 0.3) is 5.56 Å². The Bertz CT molecular complexity index is 393. The Labute approximate surface area is 88.8 Å². The molecule has 14 heavy (non-hydrogen) atoms. The molecule has 76 valence electrons. The number of H-pyrrole nitrogens is 1. The number of carbonyl (C=O) groups is 1. The second-order valence-electron chi connectivity index (χ2n) is 2.22. The molecule has 1 heterocycles. The lowest BCUT2D eigenvalue weighted by Crippen LogP contribution is -2.09. The van der Waals surface area contributed by atoms with Crippen LogP contribution in [0.5, 0.6) is 0 Å². The Morgan fingerprint density at radius 3 is 3.14 bits per heavy atom. The van der Waals surface area contributed by atoms with Crippen LogP contribution in [0.2, 0.25) is 5.02 Å². The minimum absolute atomic E-state index is 0.0126. The molecular weight excluding hydrogens is 228 g/mol. The second kappa shape index (κ2) is 5.02. The van der Waals surface area contributed by atoms with Gasteiger partial charge in [-0.25, -0.2) is 4.98 Å². The number of thioether (sulfide) groups is 1. The molecule has 1 aromatic heterocycles. The van der Waals surface area contributed by atoms with Gasteiger partial charge in [0.15, 0.2) is 0 Å². The monoisotopic (exact) mass is 234 g/mol.